The van der Waals surface area contributed by atoms with Crippen LogP contribution in [0.25, 0.3) is 0 Å². The molecule has 1 aromatic heterocycles. The van der Waals surface area contributed by atoms with Crippen molar-refractivity contribution in [2.45, 2.75) is 39.8 Å². The van der Waals surface area contributed by atoms with E-state index in [2.05, 4.69) is 49.1 Å². The first-order valence-corrected chi connectivity index (χ1v) is 6.94. The maximum Gasteiger partial charge on any atom is 0.0312 e. The Balaban J connectivity index is 2.43. The largest absolute Gasteiger partial charge is 0.312 e. The van der Waals surface area contributed by atoms with Gasteiger partial charge in [0.1, 0.15) is 0 Å². The van der Waals surface area contributed by atoms with E-state index < -0.39 is 0 Å². The van der Waals surface area contributed by atoms with E-state index in [1.807, 2.05) is 18.5 Å². The van der Waals surface area contributed by atoms with Gasteiger partial charge < -0.3 is 10.2 Å². The topological polar surface area (TPSA) is 28.2 Å². The highest BCUT2D eigenvalue weighted by atomic mass is 15.1. The van der Waals surface area contributed by atoms with E-state index in [-0.39, 0.29) is 0 Å². The predicted molar refractivity (Wildman–Crippen MR) is 77.5 cm³/mol. The number of rotatable bonds is 8. The first kappa shape index (κ1) is 15.1. The molecule has 3 nitrogen and oxygen atoms in total. The van der Waals surface area contributed by atoms with E-state index in [0.29, 0.717) is 12.0 Å². The third-order valence-electron chi connectivity index (χ3n) is 3.14. The summed E-state index contributed by atoms with van der Waals surface area (Å²) in [5.41, 5.74) is 1.28. The van der Waals surface area contributed by atoms with Crippen LogP contribution in [0.15, 0.2) is 24.5 Å². The minimum Gasteiger partial charge on any atom is -0.312 e. The van der Waals surface area contributed by atoms with Crippen LogP contribution in [-0.2, 0) is 6.54 Å². The van der Waals surface area contributed by atoms with Gasteiger partial charge >= 0.3 is 0 Å². The lowest BCUT2D eigenvalue weighted by Gasteiger charge is -2.27. The molecule has 0 saturated heterocycles. The Labute approximate surface area is 112 Å². The maximum atomic E-state index is 4.16. The molecule has 1 unspecified atom stereocenters. The normalized spacial score (nSPS) is 13.2. The Kier molecular flexibility index (Phi) is 6.91. The van der Waals surface area contributed by atoms with Crippen LogP contribution in [-0.4, -0.2) is 36.1 Å². The fourth-order valence-corrected chi connectivity index (χ4v) is 2.04. The second-order valence-corrected chi connectivity index (χ2v) is 5.36. The maximum absolute atomic E-state index is 4.16. The van der Waals surface area contributed by atoms with Crippen molar-refractivity contribution in [3.8, 4) is 0 Å². The number of hydrogen-bond donors (Lipinski definition) is 1. The van der Waals surface area contributed by atoms with Crippen LogP contribution in [0, 0.1) is 5.92 Å². The molecule has 0 aliphatic heterocycles. The monoisotopic (exact) mass is 249 g/mol. The molecule has 1 atom stereocenters. The zero-order valence-corrected chi connectivity index (χ0v) is 12.2. The number of nitrogens with one attached hydrogen (secondary N) is 1. The first-order chi connectivity index (χ1) is 8.63. The molecule has 18 heavy (non-hydrogen) atoms. The van der Waals surface area contributed by atoms with Gasteiger partial charge in [0.25, 0.3) is 0 Å². The molecule has 0 amide bonds. The summed E-state index contributed by atoms with van der Waals surface area (Å²) in [6, 6.07) is 4.69. The molecule has 1 heterocycles. The summed E-state index contributed by atoms with van der Waals surface area (Å²) in [7, 11) is 2.18. The third-order valence-corrected chi connectivity index (χ3v) is 3.14. The molecule has 0 fully saturated rings. The van der Waals surface area contributed by atoms with Crippen molar-refractivity contribution in [3.05, 3.63) is 30.1 Å². The zero-order chi connectivity index (χ0) is 13.4. The van der Waals surface area contributed by atoms with Gasteiger partial charge in [-0.3, -0.25) is 4.98 Å². The van der Waals surface area contributed by atoms with Gasteiger partial charge in [0, 0.05) is 31.5 Å². The van der Waals surface area contributed by atoms with Crippen LogP contribution in [0.2, 0.25) is 0 Å². The lowest BCUT2D eigenvalue weighted by Crippen LogP contribution is -2.43. The summed E-state index contributed by atoms with van der Waals surface area (Å²) in [6.45, 7) is 9.92. The Morgan fingerprint density at radius 3 is 2.72 bits per heavy atom. The van der Waals surface area contributed by atoms with E-state index in [0.717, 1.165) is 19.6 Å². The molecule has 1 aromatic rings. The van der Waals surface area contributed by atoms with Crippen LogP contribution < -0.4 is 5.32 Å². The highest BCUT2D eigenvalue weighted by Crippen LogP contribution is 2.06. The number of nitrogens with zero attached hydrogens (tertiary/aromatic N) is 2. The third kappa shape index (κ3) is 5.61. The molecule has 102 valence electrons. The van der Waals surface area contributed by atoms with Crippen molar-refractivity contribution < 1.29 is 0 Å². The average molecular weight is 249 g/mol. The number of aromatic nitrogens is 1. The van der Waals surface area contributed by atoms with Crippen LogP contribution in [0.3, 0.4) is 0 Å². The van der Waals surface area contributed by atoms with Gasteiger partial charge in [-0.25, -0.2) is 0 Å². The molecule has 0 aromatic carbocycles. The molecule has 0 saturated carbocycles. The minimum atomic E-state index is 0.562. The van der Waals surface area contributed by atoms with Crippen molar-refractivity contribution in [1.29, 1.82) is 0 Å². The van der Waals surface area contributed by atoms with Crippen LogP contribution in [0.4, 0.5) is 0 Å². The standard InChI is InChI=1S/C15H27N3/c1-5-8-17-15(13(2)3)12-18(4)11-14-7-6-9-16-10-14/h6-7,9-10,13,15,17H,5,8,11-12H2,1-4H3. The molecule has 1 rings (SSSR count). The summed E-state index contributed by atoms with van der Waals surface area (Å²) in [6.07, 6.45) is 4.96. The summed E-state index contributed by atoms with van der Waals surface area (Å²) in [5.74, 6) is 0.660. The second kappa shape index (κ2) is 8.22. The van der Waals surface area contributed by atoms with Gasteiger partial charge in [-0.15, -0.1) is 0 Å². The summed E-state index contributed by atoms with van der Waals surface area (Å²) in [5, 5.41) is 3.63. The van der Waals surface area contributed by atoms with E-state index in [1.54, 1.807) is 0 Å². The highest BCUT2D eigenvalue weighted by molar-refractivity contribution is 5.07. The van der Waals surface area contributed by atoms with Crippen LogP contribution in [0.1, 0.15) is 32.8 Å². The molecular weight excluding hydrogens is 222 g/mol. The summed E-state index contributed by atoms with van der Waals surface area (Å²) in [4.78, 5) is 6.52. The average Bonchev–Trinajstić information content (AvgIpc) is 2.35. The Morgan fingerprint density at radius 1 is 1.39 bits per heavy atom. The first-order valence-electron chi connectivity index (χ1n) is 6.94. The van der Waals surface area contributed by atoms with Crippen molar-refractivity contribution in [2.24, 2.45) is 5.92 Å². The molecule has 1 N–H and O–H groups in total. The fourth-order valence-electron chi connectivity index (χ4n) is 2.04. The van der Waals surface area contributed by atoms with Crippen LogP contribution >= 0.6 is 0 Å². The Morgan fingerprint density at radius 2 is 2.17 bits per heavy atom. The van der Waals surface area contributed by atoms with E-state index in [9.17, 15) is 0 Å². The lowest BCUT2D eigenvalue weighted by atomic mass is 10.0. The van der Waals surface area contributed by atoms with Gasteiger partial charge in [0.15, 0.2) is 0 Å². The van der Waals surface area contributed by atoms with Crippen molar-refractivity contribution in [2.75, 3.05) is 20.1 Å². The van der Waals surface area contributed by atoms with Gasteiger partial charge in [-0.1, -0.05) is 26.8 Å². The van der Waals surface area contributed by atoms with Gasteiger partial charge in [0.2, 0.25) is 0 Å². The van der Waals surface area contributed by atoms with Gasteiger partial charge in [0.05, 0.1) is 0 Å². The fraction of sp³-hybridized carbons (Fsp3) is 0.667. The molecule has 0 bridgehead atoms. The van der Waals surface area contributed by atoms with Crippen molar-refractivity contribution in [3.63, 3.8) is 0 Å². The van der Waals surface area contributed by atoms with Gasteiger partial charge in [-0.2, -0.15) is 0 Å². The Hall–Kier alpha value is -0.930. The summed E-state index contributed by atoms with van der Waals surface area (Å²) < 4.78 is 0. The van der Waals surface area contributed by atoms with E-state index in [1.165, 1.54) is 12.0 Å². The van der Waals surface area contributed by atoms with E-state index in [4.69, 9.17) is 0 Å². The predicted octanol–water partition coefficient (Wildman–Crippen LogP) is 2.54. The highest BCUT2D eigenvalue weighted by Gasteiger charge is 2.14. The van der Waals surface area contributed by atoms with Crippen molar-refractivity contribution in [1.82, 2.24) is 15.2 Å². The second-order valence-electron chi connectivity index (χ2n) is 5.36. The molecule has 0 spiro atoms. The number of hydrogen-bond acceptors (Lipinski definition) is 3. The number of likely N-dealkylation sites (N-methyl/N-ethyl adjacent to an activating group) is 1. The summed E-state index contributed by atoms with van der Waals surface area (Å²) >= 11 is 0. The van der Waals surface area contributed by atoms with Gasteiger partial charge in [-0.05, 0) is 37.6 Å². The molecular formula is C15H27N3. The SMILES string of the molecule is CCCNC(CN(C)Cc1cccnc1)C(C)C. The van der Waals surface area contributed by atoms with Crippen molar-refractivity contribution >= 4 is 0 Å². The quantitative estimate of drug-likeness (QED) is 0.767. The molecule has 3 heteroatoms. The molecule has 0 aliphatic carbocycles. The lowest BCUT2D eigenvalue weighted by molar-refractivity contribution is 0.248. The number of pyridine rings is 1. The van der Waals surface area contributed by atoms with E-state index >= 15 is 0 Å². The zero-order valence-electron chi connectivity index (χ0n) is 12.2. The van der Waals surface area contributed by atoms with Crippen LogP contribution in [0.5, 0.6) is 0 Å². The molecule has 0 radical (unpaired) electrons. The molecule has 0 aliphatic rings. The smallest absolute Gasteiger partial charge is 0.0312 e. The minimum absolute atomic E-state index is 0.562. The Bertz CT molecular complexity index is 311.